The average molecular weight is 300 g/mol. The molecule has 0 amide bonds. The molecule has 2 aromatic rings. The zero-order chi connectivity index (χ0) is 11.6. The van der Waals surface area contributed by atoms with Crippen molar-refractivity contribution in [1.82, 2.24) is 0 Å². The normalized spacial score (nSPS) is 7.53. The molecule has 0 aromatic heterocycles. The van der Waals surface area contributed by atoms with Gasteiger partial charge in [0.1, 0.15) is 0 Å². The van der Waals surface area contributed by atoms with Crippen molar-refractivity contribution in [3.63, 3.8) is 0 Å². The molecule has 0 unspecified atom stereocenters. The van der Waals surface area contributed by atoms with Gasteiger partial charge >= 0.3 is 0 Å². The van der Waals surface area contributed by atoms with Crippen LogP contribution >= 0.6 is 24.4 Å². The largest absolute Gasteiger partial charge is 0.699 e. The molecule has 0 fully saturated rings. The Kier molecular flexibility index (Phi) is 9.31. The van der Waals surface area contributed by atoms with E-state index in [2.05, 4.69) is 44.7 Å². The number of aliphatic imine (C=N–C) groups is 2. The minimum atomic E-state index is 0. The van der Waals surface area contributed by atoms with E-state index < -0.39 is 0 Å². The number of hydrogen-bond donors (Lipinski definition) is 0. The van der Waals surface area contributed by atoms with Crippen LogP contribution in [0.4, 0.5) is 11.4 Å². The number of hydrogen-bond acceptors (Lipinski definition) is 4. The summed E-state index contributed by atoms with van der Waals surface area (Å²) in [6.07, 6.45) is 0. The van der Waals surface area contributed by atoms with Gasteiger partial charge in [0.25, 0.3) is 0 Å². The summed E-state index contributed by atoms with van der Waals surface area (Å²) >= 11 is 8.77. The monoisotopic (exact) mass is 300 g/mol. The van der Waals surface area contributed by atoms with Crippen molar-refractivity contribution in [3.05, 3.63) is 48.5 Å². The predicted octanol–water partition coefficient (Wildman–Crippen LogP) is 4.28. The zero-order valence-corrected chi connectivity index (χ0v) is 11.4. The van der Waals surface area contributed by atoms with Crippen molar-refractivity contribution in [2.75, 3.05) is 0 Å². The Bertz CT molecular complexity index is 442. The second-order valence-electron chi connectivity index (χ2n) is 2.69. The SMILES string of the molecule is S=C=N[c-]1[cH-][cH-][cH-][cH-]1.S=C=N[c-]1cccc1.[Fe]. The first kappa shape index (κ1) is 15.8. The number of thiocarbonyl (C=S) groups is 2. The van der Waals surface area contributed by atoms with E-state index in [1.807, 2.05) is 48.5 Å². The van der Waals surface area contributed by atoms with Crippen LogP contribution < -0.4 is 0 Å². The van der Waals surface area contributed by atoms with Crippen LogP contribution in [0.3, 0.4) is 0 Å². The van der Waals surface area contributed by atoms with E-state index in [1.54, 1.807) is 0 Å². The van der Waals surface area contributed by atoms with Gasteiger partial charge in [-0.3, -0.25) is 4.99 Å². The number of rotatable bonds is 2. The van der Waals surface area contributed by atoms with E-state index in [-0.39, 0.29) is 17.1 Å². The van der Waals surface area contributed by atoms with Crippen LogP contribution in [0.15, 0.2) is 58.5 Å². The van der Waals surface area contributed by atoms with Crippen LogP contribution in [-0.2, 0) is 17.1 Å². The first-order valence-electron chi connectivity index (χ1n) is 4.46. The fourth-order valence-electron chi connectivity index (χ4n) is 0.982. The maximum atomic E-state index is 4.38. The van der Waals surface area contributed by atoms with Crippen molar-refractivity contribution in [2.45, 2.75) is 0 Å². The van der Waals surface area contributed by atoms with Gasteiger partial charge in [-0.25, -0.2) is 12.2 Å². The third-order valence-electron chi connectivity index (χ3n) is 1.64. The molecule has 0 saturated carbocycles. The fourth-order valence-corrected chi connectivity index (χ4v) is 1.19. The van der Waals surface area contributed by atoms with Crippen molar-refractivity contribution in [2.24, 2.45) is 9.98 Å². The van der Waals surface area contributed by atoms with Crippen molar-refractivity contribution >= 4 is 46.1 Å². The summed E-state index contributed by atoms with van der Waals surface area (Å²) in [6.45, 7) is 0. The number of isothiocyanates is 2. The van der Waals surface area contributed by atoms with Gasteiger partial charge in [0.15, 0.2) is 0 Å². The molecule has 0 heterocycles. The molecule has 2 rings (SSSR count). The maximum absolute atomic E-state index is 4.38. The molecule has 0 aliphatic heterocycles. The average Bonchev–Trinajstić information content (AvgIpc) is 2.92. The molecule has 0 atom stereocenters. The smallest absolute Gasteiger partial charge is 0 e. The maximum Gasteiger partial charge on any atom is 0 e. The first-order valence-corrected chi connectivity index (χ1v) is 5.27. The summed E-state index contributed by atoms with van der Waals surface area (Å²) in [7, 11) is 0. The Balaban J connectivity index is 0.000000284. The van der Waals surface area contributed by atoms with Gasteiger partial charge in [-0.05, 0) is 5.69 Å². The third-order valence-corrected chi connectivity index (χ3v) is 1.82. The van der Waals surface area contributed by atoms with Crippen molar-refractivity contribution in [3.8, 4) is 0 Å². The first-order chi connectivity index (χ1) is 7.86. The molecule has 2 aromatic carbocycles. The molecule has 0 aliphatic carbocycles. The zero-order valence-electron chi connectivity index (χ0n) is 8.68. The van der Waals surface area contributed by atoms with Crippen LogP contribution in [0, 0.1) is 0 Å². The number of nitrogens with zero attached hydrogens (tertiary/aromatic N) is 2. The summed E-state index contributed by atoms with van der Waals surface area (Å²) in [4.78, 5) is 7.46. The summed E-state index contributed by atoms with van der Waals surface area (Å²) < 4.78 is 0. The van der Waals surface area contributed by atoms with Gasteiger partial charge in [-0.1, -0.05) is 17.4 Å². The van der Waals surface area contributed by atoms with Gasteiger partial charge in [-0.15, -0.1) is 12.1 Å². The molecule has 5 heteroatoms. The van der Waals surface area contributed by atoms with Crippen LogP contribution in [0.2, 0.25) is 0 Å². The molecule has 0 radical (unpaired) electrons. The third kappa shape index (κ3) is 6.88. The van der Waals surface area contributed by atoms with Gasteiger partial charge in [-0.2, -0.15) is 12.1 Å². The molecule has 2 nitrogen and oxygen atoms in total. The van der Waals surface area contributed by atoms with E-state index >= 15 is 0 Å². The topological polar surface area (TPSA) is 24.7 Å². The van der Waals surface area contributed by atoms with Crippen LogP contribution in [0.25, 0.3) is 0 Å². The van der Waals surface area contributed by atoms with Crippen LogP contribution in [0.1, 0.15) is 0 Å². The summed E-state index contributed by atoms with van der Waals surface area (Å²) in [5.41, 5.74) is 1.75. The predicted molar refractivity (Wildman–Crippen MR) is 73.4 cm³/mol. The Morgan fingerprint density at radius 2 is 1.47 bits per heavy atom. The van der Waals surface area contributed by atoms with E-state index in [4.69, 9.17) is 0 Å². The molecule has 92 valence electrons. The quantitative estimate of drug-likeness (QED) is 0.358. The molecule has 0 spiro atoms. The van der Waals surface area contributed by atoms with Crippen LogP contribution in [0.5, 0.6) is 0 Å². The Morgan fingerprint density at radius 3 is 1.94 bits per heavy atom. The minimum Gasteiger partial charge on any atom is -0.699 e. The van der Waals surface area contributed by atoms with E-state index in [1.165, 1.54) is 0 Å². The van der Waals surface area contributed by atoms with Gasteiger partial charge in [0.05, 0.1) is 0 Å². The van der Waals surface area contributed by atoms with E-state index in [0.29, 0.717) is 0 Å². The van der Waals surface area contributed by atoms with Crippen molar-refractivity contribution in [1.29, 1.82) is 0 Å². The standard InChI is InChI=1S/2C6H4NS.Fe/c2*8-5-7-6-3-1-2-4-6;/h2*1-4H;/q-5;-1;. The fraction of sp³-hybridized carbons (Fsp3) is 0. The van der Waals surface area contributed by atoms with E-state index in [9.17, 15) is 0 Å². The van der Waals surface area contributed by atoms with Gasteiger partial charge < -0.3 is 40.1 Å². The molecule has 17 heavy (non-hydrogen) atoms. The van der Waals surface area contributed by atoms with Gasteiger partial charge in [0.2, 0.25) is 0 Å². The van der Waals surface area contributed by atoms with E-state index in [0.717, 1.165) is 11.4 Å². The molecular formula is C12H8FeN2S2-6. The van der Waals surface area contributed by atoms with Crippen molar-refractivity contribution < 1.29 is 17.1 Å². The minimum absolute atomic E-state index is 0. The summed E-state index contributed by atoms with van der Waals surface area (Å²) in [6, 6.07) is 15.1. The molecule has 0 aliphatic rings. The second-order valence-corrected chi connectivity index (χ2v) is 3.06. The summed E-state index contributed by atoms with van der Waals surface area (Å²) in [5.74, 6) is 0. The Hall–Kier alpha value is -1.18. The van der Waals surface area contributed by atoms with Crippen LogP contribution in [-0.4, -0.2) is 10.3 Å². The molecular weight excluding hydrogens is 292 g/mol. The molecule has 0 bridgehead atoms. The Morgan fingerprint density at radius 1 is 0.941 bits per heavy atom. The van der Waals surface area contributed by atoms with Gasteiger partial charge in [0, 0.05) is 17.1 Å². The summed E-state index contributed by atoms with van der Waals surface area (Å²) in [5, 5.41) is 4.56. The second kappa shape index (κ2) is 10.0. The molecule has 0 N–H and O–H groups in total. The Labute approximate surface area is 121 Å². The molecule has 0 saturated heterocycles.